The summed E-state index contributed by atoms with van der Waals surface area (Å²) in [4.78, 5) is 12.5. The third-order valence-electron chi connectivity index (χ3n) is 4.51. The number of anilines is 1. The molecule has 0 bridgehead atoms. The average Bonchev–Trinajstić information content (AvgIpc) is 3.44. The Kier molecular flexibility index (Phi) is 5.41. The second-order valence-corrected chi connectivity index (χ2v) is 8.24. The topological polar surface area (TPSA) is 101 Å². The van der Waals surface area contributed by atoms with E-state index in [2.05, 4.69) is 22.8 Å². The number of rotatable bonds is 7. The van der Waals surface area contributed by atoms with Crippen LogP contribution in [0.25, 0.3) is 0 Å². The molecule has 1 amide bonds. The molecule has 0 aromatic heterocycles. The molecule has 26 heavy (non-hydrogen) atoms. The van der Waals surface area contributed by atoms with Gasteiger partial charge in [0.1, 0.15) is 0 Å². The van der Waals surface area contributed by atoms with E-state index in [-0.39, 0.29) is 16.8 Å². The predicted octanol–water partition coefficient (Wildman–Crippen LogP) is 2.40. The molecular weight excluding hydrogens is 350 g/mol. The summed E-state index contributed by atoms with van der Waals surface area (Å²) < 4.78 is 22.9. The smallest absolute Gasteiger partial charge is 0.241 e. The van der Waals surface area contributed by atoms with E-state index in [1.807, 2.05) is 18.2 Å². The van der Waals surface area contributed by atoms with E-state index in [4.69, 9.17) is 5.14 Å². The molecule has 0 heterocycles. The van der Waals surface area contributed by atoms with Gasteiger partial charge in [0.25, 0.3) is 0 Å². The SMILES string of the molecule is C[C@@H](N[C@H](c1ccccc1)C1CC1)C(=O)Nc1cccc(S(N)(=O)=O)c1. The van der Waals surface area contributed by atoms with Crippen molar-refractivity contribution < 1.29 is 13.2 Å². The molecule has 4 N–H and O–H groups in total. The first kappa shape index (κ1) is 18.6. The highest BCUT2D eigenvalue weighted by molar-refractivity contribution is 7.89. The van der Waals surface area contributed by atoms with Gasteiger partial charge in [0.15, 0.2) is 0 Å². The quantitative estimate of drug-likeness (QED) is 0.694. The summed E-state index contributed by atoms with van der Waals surface area (Å²) in [5, 5.41) is 11.3. The van der Waals surface area contributed by atoms with E-state index in [1.165, 1.54) is 17.7 Å². The summed E-state index contributed by atoms with van der Waals surface area (Å²) in [6.07, 6.45) is 2.30. The number of amides is 1. The zero-order chi connectivity index (χ0) is 18.7. The second-order valence-electron chi connectivity index (χ2n) is 6.68. The van der Waals surface area contributed by atoms with Crippen molar-refractivity contribution in [1.82, 2.24) is 5.32 Å². The minimum absolute atomic E-state index is 0.0314. The monoisotopic (exact) mass is 373 g/mol. The first-order valence-electron chi connectivity index (χ1n) is 8.59. The van der Waals surface area contributed by atoms with Gasteiger partial charge < -0.3 is 5.32 Å². The molecule has 1 fully saturated rings. The maximum Gasteiger partial charge on any atom is 0.241 e. The predicted molar refractivity (Wildman–Crippen MR) is 101 cm³/mol. The highest BCUT2D eigenvalue weighted by Gasteiger charge is 2.33. The number of primary sulfonamides is 1. The van der Waals surface area contributed by atoms with Gasteiger partial charge in [-0.25, -0.2) is 13.6 Å². The molecule has 2 aromatic carbocycles. The van der Waals surface area contributed by atoms with Crippen LogP contribution in [-0.4, -0.2) is 20.4 Å². The van der Waals surface area contributed by atoms with Gasteiger partial charge in [-0.2, -0.15) is 0 Å². The van der Waals surface area contributed by atoms with Gasteiger partial charge in [0.2, 0.25) is 15.9 Å². The lowest BCUT2D eigenvalue weighted by Gasteiger charge is -2.23. The Bertz CT molecular complexity index is 880. The molecule has 1 aliphatic carbocycles. The molecule has 0 spiro atoms. The molecule has 6 nitrogen and oxygen atoms in total. The molecule has 0 unspecified atom stereocenters. The molecule has 0 aliphatic heterocycles. The van der Waals surface area contributed by atoms with Crippen molar-refractivity contribution in [1.29, 1.82) is 0 Å². The summed E-state index contributed by atoms with van der Waals surface area (Å²) >= 11 is 0. The fourth-order valence-corrected chi connectivity index (χ4v) is 3.50. The Balaban J connectivity index is 1.68. The number of benzene rings is 2. The molecule has 3 rings (SSSR count). The van der Waals surface area contributed by atoms with Crippen LogP contribution in [0, 0.1) is 5.92 Å². The largest absolute Gasteiger partial charge is 0.325 e. The van der Waals surface area contributed by atoms with Crippen molar-refractivity contribution in [3.63, 3.8) is 0 Å². The maximum absolute atomic E-state index is 12.5. The Morgan fingerprint density at radius 1 is 1.12 bits per heavy atom. The summed E-state index contributed by atoms with van der Waals surface area (Å²) in [7, 11) is -3.81. The van der Waals surface area contributed by atoms with Crippen LogP contribution in [0.1, 0.15) is 31.4 Å². The highest BCUT2D eigenvalue weighted by Crippen LogP contribution is 2.41. The van der Waals surface area contributed by atoms with E-state index >= 15 is 0 Å². The summed E-state index contributed by atoms with van der Waals surface area (Å²) in [6.45, 7) is 1.80. The Morgan fingerprint density at radius 3 is 2.42 bits per heavy atom. The molecule has 138 valence electrons. The Hall–Kier alpha value is -2.22. The van der Waals surface area contributed by atoms with Gasteiger partial charge in [0.05, 0.1) is 10.9 Å². The van der Waals surface area contributed by atoms with Gasteiger partial charge in [-0.1, -0.05) is 36.4 Å². The number of carbonyl (C=O) groups is 1. The zero-order valence-electron chi connectivity index (χ0n) is 14.6. The minimum Gasteiger partial charge on any atom is -0.325 e. The second kappa shape index (κ2) is 7.57. The van der Waals surface area contributed by atoms with Crippen molar-refractivity contribution in [3.8, 4) is 0 Å². The molecular formula is C19H23N3O3S. The van der Waals surface area contributed by atoms with Gasteiger partial charge in [-0.05, 0) is 49.4 Å². The van der Waals surface area contributed by atoms with Crippen molar-refractivity contribution in [2.24, 2.45) is 11.1 Å². The molecule has 2 aromatic rings. The maximum atomic E-state index is 12.5. The number of nitrogens with one attached hydrogen (secondary N) is 2. The average molecular weight is 373 g/mol. The third kappa shape index (κ3) is 4.69. The third-order valence-corrected chi connectivity index (χ3v) is 5.42. The van der Waals surface area contributed by atoms with Crippen LogP contribution < -0.4 is 15.8 Å². The first-order valence-corrected chi connectivity index (χ1v) is 10.1. The van der Waals surface area contributed by atoms with Crippen LogP contribution in [0.5, 0.6) is 0 Å². The Morgan fingerprint density at radius 2 is 1.81 bits per heavy atom. The molecule has 2 atom stereocenters. The van der Waals surface area contributed by atoms with E-state index < -0.39 is 16.1 Å². The summed E-state index contributed by atoms with van der Waals surface area (Å²) in [6, 6.07) is 15.7. The lowest BCUT2D eigenvalue weighted by atomic mass is 10.0. The van der Waals surface area contributed by atoms with Crippen LogP contribution in [-0.2, 0) is 14.8 Å². The Labute approximate surface area is 153 Å². The lowest BCUT2D eigenvalue weighted by molar-refractivity contribution is -0.118. The van der Waals surface area contributed by atoms with Gasteiger partial charge in [-0.15, -0.1) is 0 Å². The fourth-order valence-electron chi connectivity index (χ4n) is 2.94. The van der Waals surface area contributed by atoms with E-state index in [1.54, 1.807) is 19.1 Å². The zero-order valence-corrected chi connectivity index (χ0v) is 15.4. The fraction of sp³-hybridized carbons (Fsp3) is 0.316. The normalized spacial score (nSPS) is 16.7. The van der Waals surface area contributed by atoms with Gasteiger partial charge >= 0.3 is 0 Å². The van der Waals surface area contributed by atoms with E-state index in [0.29, 0.717) is 11.6 Å². The highest BCUT2D eigenvalue weighted by atomic mass is 32.2. The van der Waals surface area contributed by atoms with Crippen LogP contribution in [0.4, 0.5) is 5.69 Å². The molecule has 0 saturated heterocycles. The van der Waals surface area contributed by atoms with Crippen molar-refractivity contribution in [2.75, 3.05) is 5.32 Å². The van der Waals surface area contributed by atoms with Crippen LogP contribution >= 0.6 is 0 Å². The molecule has 1 saturated carbocycles. The van der Waals surface area contributed by atoms with Crippen molar-refractivity contribution in [3.05, 3.63) is 60.2 Å². The van der Waals surface area contributed by atoms with Crippen LogP contribution in [0.3, 0.4) is 0 Å². The standard InChI is InChI=1S/C19H23N3O3S/c1-13(21-18(15-10-11-15)14-6-3-2-4-7-14)19(23)22-16-8-5-9-17(12-16)26(20,24)25/h2-9,12-13,15,18,21H,10-11H2,1H3,(H,22,23)(H2,20,24,25)/t13-,18-/m1/s1. The molecule has 1 aliphatic rings. The number of sulfonamides is 1. The van der Waals surface area contributed by atoms with Gasteiger partial charge in [-0.3, -0.25) is 10.1 Å². The molecule has 0 radical (unpaired) electrons. The number of hydrogen-bond donors (Lipinski definition) is 3. The van der Waals surface area contributed by atoms with E-state index in [9.17, 15) is 13.2 Å². The van der Waals surface area contributed by atoms with Crippen LogP contribution in [0.2, 0.25) is 0 Å². The van der Waals surface area contributed by atoms with Gasteiger partial charge in [0, 0.05) is 11.7 Å². The van der Waals surface area contributed by atoms with Crippen molar-refractivity contribution in [2.45, 2.75) is 36.7 Å². The summed E-state index contributed by atoms with van der Waals surface area (Å²) in [5.74, 6) is 0.316. The van der Waals surface area contributed by atoms with Crippen molar-refractivity contribution >= 4 is 21.6 Å². The number of carbonyl (C=O) groups excluding carboxylic acids is 1. The number of hydrogen-bond acceptors (Lipinski definition) is 4. The first-order chi connectivity index (χ1) is 12.3. The number of nitrogens with two attached hydrogens (primary N) is 1. The minimum atomic E-state index is -3.81. The lowest BCUT2D eigenvalue weighted by Crippen LogP contribution is -2.41. The molecule has 7 heteroatoms. The summed E-state index contributed by atoms with van der Waals surface area (Å²) in [5.41, 5.74) is 1.57. The van der Waals surface area contributed by atoms with E-state index in [0.717, 1.165) is 12.8 Å². The van der Waals surface area contributed by atoms with Crippen LogP contribution in [0.15, 0.2) is 59.5 Å².